The van der Waals surface area contributed by atoms with Gasteiger partial charge in [-0.15, -0.1) is 0 Å². The molecule has 0 saturated heterocycles. The summed E-state index contributed by atoms with van der Waals surface area (Å²) in [4.78, 5) is 0. The van der Waals surface area contributed by atoms with Crippen molar-refractivity contribution in [1.29, 1.82) is 0 Å². The minimum Gasteiger partial charge on any atom is -0.320 e. The molecule has 0 aromatic heterocycles. The maximum atomic E-state index is 13.7. The Morgan fingerprint density at radius 3 is 2.24 bits per heavy atom. The lowest BCUT2D eigenvalue weighted by Crippen LogP contribution is -2.15. The van der Waals surface area contributed by atoms with Crippen molar-refractivity contribution in [3.63, 3.8) is 0 Å². The van der Waals surface area contributed by atoms with Gasteiger partial charge in [0.15, 0.2) is 0 Å². The van der Waals surface area contributed by atoms with Gasteiger partial charge in [0.2, 0.25) is 0 Å². The standard InChI is InChI=1S/C13H10BrF2N/c14-9-5-3-7-11(16)12(9)13(17)8-4-1-2-6-10(8)15/h1-7,13H,17H2. The molecule has 0 fully saturated rings. The fraction of sp³-hybridized carbons (Fsp3) is 0.0769. The number of hydrogen-bond donors (Lipinski definition) is 1. The first kappa shape index (κ1) is 12.2. The average Bonchev–Trinajstić information content (AvgIpc) is 2.29. The zero-order valence-corrected chi connectivity index (χ0v) is 10.4. The minimum atomic E-state index is -0.827. The molecule has 0 aliphatic carbocycles. The molecular formula is C13H10BrF2N. The van der Waals surface area contributed by atoms with Crippen molar-refractivity contribution in [2.45, 2.75) is 6.04 Å². The molecule has 0 aliphatic rings. The first-order chi connectivity index (χ1) is 8.11. The van der Waals surface area contributed by atoms with Crippen LogP contribution in [0.25, 0.3) is 0 Å². The largest absolute Gasteiger partial charge is 0.320 e. The predicted molar refractivity (Wildman–Crippen MR) is 66.5 cm³/mol. The van der Waals surface area contributed by atoms with Gasteiger partial charge in [0.1, 0.15) is 11.6 Å². The lowest BCUT2D eigenvalue weighted by molar-refractivity contribution is 0.574. The highest BCUT2D eigenvalue weighted by atomic mass is 79.9. The van der Waals surface area contributed by atoms with E-state index in [1.54, 1.807) is 30.3 Å². The second-order valence-electron chi connectivity index (χ2n) is 3.63. The van der Waals surface area contributed by atoms with Crippen LogP contribution in [0.1, 0.15) is 17.2 Å². The number of hydrogen-bond acceptors (Lipinski definition) is 1. The Balaban J connectivity index is 2.51. The summed E-state index contributed by atoms with van der Waals surface area (Å²) < 4.78 is 27.8. The molecule has 4 heteroatoms. The van der Waals surface area contributed by atoms with Gasteiger partial charge in [-0.25, -0.2) is 8.78 Å². The van der Waals surface area contributed by atoms with Gasteiger partial charge in [-0.2, -0.15) is 0 Å². The van der Waals surface area contributed by atoms with Crippen molar-refractivity contribution in [3.8, 4) is 0 Å². The molecular weight excluding hydrogens is 288 g/mol. The summed E-state index contributed by atoms with van der Waals surface area (Å²) in [5.74, 6) is -0.884. The summed E-state index contributed by atoms with van der Waals surface area (Å²) in [6, 6.07) is 9.83. The predicted octanol–water partition coefficient (Wildman–Crippen LogP) is 3.78. The molecule has 1 atom stereocenters. The average molecular weight is 298 g/mol. The Morgan fingerprint density at radius 2 is 1.59 bits per heavy atom. The normalized spacial score (nSPS) is 12.5. The molecule has 0 bridgehead atoms. The van der Waals surface area contributed by atoms with Crippen molar-refractivity contribution in [1.82, 2.24) is 0 Å². The van der Waals surface area contributed by atoms with E-state index >= 15 is 0 Å². The highest BCUT2D eigenvalue weighted by Gasteiger charge is 2.19. The molecule has 2 N–H and O–H groups in total. The highest BCUT2D eigenvalue weighted by Crippen LogP contribution is 2.30. The Hall–Kier alpha value is -1.26. The number of benzene rings is 2. The lowest BCUT2D eigenvalue weighted by Gasteiger charge is -2.15. The molecule has 17 heavy (non-hydrogen) atoms. The van der Waals surface area contributed by atoms with Gasteiger partial charge >= 0.3 is 0 Å². The summed E-state index contributed by atoms with van der Waals surface area (Å²) in [6.07, 6.45) is 0. The van der Waals surface area contributed by atoms with E-state index in [1.165, 1.54) is 12.1 Å². The van der Waals surface area contributed by atoms with Crippen LogP contribution in [0.15, 0.2) is 46.9 Å². The quantitative estimate of drug-likeness (QED) is 0.897. The van der Waals surface area contributed by atoms with Gasteiger partial charge in [-0.3, -0.25) is 0 Å². The van der Waals surface area contributed by atoms with E-state index < -0.39 is 17.7 Å². The van der Waals surface area contributed by atoms with Crippen molar-refractivity contribution >= 4 is 15.9 Å². The fourth-order valence-corrected chi connectivity index (χ4v) is 2.28. The zero-order valence-electron chi connectivity index (χ0n) is 8.83. The van der Waals surface area contributed by atoms with Crippen LogP contribution in [0.4, 0.5) is 8.78 Å². The summed E-state index contributed by atoms with van der Waals surface area (Å²) in [5.41, 5.74) is 6.45. The maximum Gasteiger partial charge on any atom is 0.129 e. The van der Waals surface area contributed by atoms with E-state index in [0.29, 0.717) is 4.47 Å². The second kappa shape index (κ2) is 4.94. The van der Waals surface area contributed by atoms with Gasteiger partial charge < -0.3 is 5.73 Å². The summed E-state index contributed by atoms with van der Waals surface area (Å²) >= 11 is 3.23. The van der Waals surface area contributed by atoms with Crippen LogP contribution in [0.5, 0.6) is 0 Å². The summed E-state index contributed by atoms with van der Waals surface area (Å²) in [6.45, 7) is 0. The fourth-order valence-electron chi connectivity index (χ4n) is 1.69. The van der Waals surface area contributed by atoms with Gasteiger partial charge in [-0.1, -0.05) is 40.2 Å². The Kier molecular flexibility index (Phi) is 3.54. The van der Waals surface area contributed by atoms with Gasteiger partial charge in [-0.05, 0) is 18.2 Å². The lowest BCUT2D eigenvalue weighted by atomic mass is 9.99. The molecule has 2 aromatic carbocycles. The third-order valence-electron chi connectivity index (χ3n) is 2.55. The van der Waals surface area contributed by atoms with Crippen LogP contribution in [-0.4, -0.2) is 0 Å². The second-order valence-corrected chi connectivity index (χ2v) is 4.49. The Labute approximate surface area is 106 Å². The van der Waals surface area contributed by atoms with Gasteiger partial charge in [0, 0.05) is 15.6 Å². The summed E-state index contributed by atoms with van der Waals surface area (Å²) in [5, 5.41) is 0. The molecule has 0 aliphatic heterocycles. The van der Waals surface area contributed by atoms with Gasteiger partial charge in [0.05, 0.1) is 6.04 Å². The molecule has 2 rings (SSSR count). The van der Waals surface area contributed by atoms with Gasteiger partial charge in [0.25, 0.3) is 0 Å². The Morgan fingerprint density at radius 1 is 0.941 bits per heavy atom. The molecule has 1 unspecified atom stereocenters. The van der Waals surface area contributed by atoms with E-state index in [-0.39, 0.29) is 11.1 Å². The van der Waals surface area contributed by atoms with E-state index in [0.717, 1.165) is 0 Å². The molecule has 0 radical (unpaired) electrons. The first-order valence-electron chi connectivity index (χ1n) is 5.05. The van der Waals surface area contributed by atoms with E-state index in [4.69, 9.17) is 5.73 Å². The molecule has 0 saturated carbocycles. The highest BCUT2D eigenvalue weighted by molar-refractivity contribution is 9.10. The summed E-state index contributed by atoms with van der Waals surface area (Å²) in [7, 11) is 0. The van der Waals surface area contributed by atoms with Crippen LogP contribution in [-0.2, 0) is 0 Å². The molecule has 88 valence electrons. The molecule has 0 spiro atoms. The first-order valence-corrected chi connectivity index (χ1v) is 5.84. The maximum absolute atomic E-state index is 13.7. The molecule has 1 nitrogen and oxygen atoms in total. The molecule has 0 heterocycles. The van der Waals surface area contributed by atoms with Crippen LogP contribution in [0, 0.1) is 11.6 Å². The number of nitrogens with two attached hydrogens (primary N) is 1. The SMILES string of the molecule is NC(c1ccccc1F)c1c(F)cccc1Br. The molecule has 2 aromatic rings. The van der Waals surface area contributed by atoms with Crippen LogP contribution in [0.3, 0.4) is 0 Å². The smallest absolute Gasteiger partial charge is 0.129 e. The topological polar surface area (TPSA) is 26.0 Å². The van der Waals surface area contributed by atoms with E-state index in [2.05, 4.69) is 15.9 Å². The molecule has 0 amide bonds. The third kappa shape index (κ3) is 2.37. The zero-order chi connectivity index (χ0) is 12.4. The van der Waals surface area contributed by atoms with Crippen LogP contribution < -0.4 is 5.73 Å². The third-order valence-corrected chi connectivity index (χ3v) is 3.24. The van der Waals surface area contributed by atoms with Crippen LogP contribution >= 0.6 is 15.9 Å². The Bertz CT molecular complexity index is 522. The van der Waals surface area contributed by atoms with Crippen molar-refractivity contribution in [2.75, 3.05) is 0 Å². The minimum absolute atomic E-state index is 0.262. The van der Waals surface area contributed by atoms with Crippen LogP contribution in [0.2, 0.25) is 0 Å². The van der Waals surface area contributed by atoms with E-state index in [1.807, 2.05) is 0 Å². The monoisotopic (exact) mass is 297 g/mol. The number of rotatable bonds is 2. The van der Waals surface area contributed by atoms with Crippen molar-refractivity contribution in [2.24, 2.45) is 5.73 Å². The van der Waals surface area contributed by atoms with Crippen molar-refractivity contribution in [3.05, 3.63) is 69.7 Å². The number of halogens is 3. The van der Waals surface area contributed by atoms with Crippen molar-refractivity contribution < 1.29 is 8.78 Å². The van der Waals surface area contributed by atoms with E-state index in [9.17, 15) is 8.78 Å².